The van der Waals surface area contributed by atoms with Crippen LogP contribution in [-0.2, 0) is 16.0 Å². The van der Waals surface area contributed by atoms with Gasteiger partial charge in [-0.1, -0.05) is 28.1 Å². The van der Waals surface area contributed by atoms with Crippen molar-refractivity contribution >= 4 is 34.2 Å². The molecule has 6 heteroatoms. The monoisotopic (exact) mass is 378 g/mol. The van der Waals surface area contributed by atoms with Gasteiger partial charge in [0, 0.05) is 24.2 Å². The number of aryl methyl sites for hydroxylation is 1. The minimum Gasteiger partial charge on any atom is -0.383 e. The van der Waals surface area contributed by atoms with Crippen molar-refractivity contribution in [2.45, 2.75) is 25.8 Å². The molecule has 1 atom stereocenters. The predicted octanol–water partition coefficient (Wildman–Crippen LogP) is 2.54. The zero-order valence-electron chi connectivity index (χ0n) is 12.5. The van der Waals surface area contributed by atoms with Crippen molar-refractivity contribution < 1.29 is 9.53 Å². The molecule has 1 aromatic carbocycles. The summed E-state index contributed by atoms with van der Waals surface area (Å²) in [5.74, 6) is 0.0319. The maximum Gasteiger partial charge on any atom is 0.234 e. The van der Waals surface area contributed by atoms with E-state index in [-0.39, 0.29) is 24.4 Å². The molecule has 1 unspecified atom stereocenters. The summed E-state index contributed by atoms with van der Waals surface area (Å²) in [6.07, 6.45) is 1.90. The van der Waals surface area contributed by atoms with Gasteiger partial charge in [-0.05, 0) is 37.5 Å². The lowest BCUT2D eigenvalue weighted by atomic mass is 10.1. The van der Waals surface area contributed by atoms with Crippen molar-refractivity contribution in [2.24, 2.45) is 0 Å². The van der Waals surface area contributed by atoms with Crippen molar-refractivity contribution in [1.29, 1.82) is 0 Å². The molecule has 0 aliphatic rings. The molecule has 0 aliphatic heterocycles. The molecule has 0 spiro atoms. The van der Waals surface area contributed by atoms with Gasteiger partial charge in [-0.3, -0.25) is 4.79 Å². The second-order valence-electron chi connectivity index (χ2n) is 4.80. The third-order valence-corrected chi connectivity index (χ3v) is 3.48. The summed E-state index contributed by atoms with van der Waals surface area (Å²) in [5.41, 5.74) is 1.28. The molecule has 0 aliphatic carbocycles. The number of methoxy groups -OCH3 is 1. The van der Waals surface area contributed by atoms with Crippen LogP contribution in [0.1, 0.15) is 18.9 Å². The number of hydrogen-bond donors (Lipinski definition) is 2. The first kappa shape index (κ1) is 20.4. The molecular weight excluding hydrogens is 356 g/mol. The Morgan fingerprint density at radius 2 is 2.00 bits per heavy atom. The molecule has 0 heterocycles. The van der Waals surface area contributed by atoms with Gasteiger partial charge in [0.25, 0.3) is 0 Å². The summed E-state index contributed by atoms with van der Waals surface area (Å²) in [6.45, 7) is 3.68. The quantitative estimate of drug-likeness (QED) is 0.648. The molecule has 1 rings (SSSR count). The number of ether oxygens (including phenoxy) is 1. The summed E-state index contributed by atoms with van der Waals surface area (Å²) in [4.78, 5) is 11.7. The molecule has 0 radical (unpaired) electrons. The summed E-state index contributed by atoms with van der Waals surface area (Å²) < 4.78 is 5.99. The highest BCUT2D eigenvalue weighted by atomic mass is 79.9. The Bertz CT molecular complexity index is 401. The first-order chi connectivity index (χ1) is 9.61. The van der Waals surface area contributed by atoms with Gasteiger partial charge in [0.1, 0.15) is 0 Å². The molecule has 0 fully saturated rings. The first-order valence-electron chi connectivity index (χ1n) is 6.85. The minimum absolute atomic E-state index is 0. The van der Waals surface area contributed by atoms with Crippen LogP contribution in [0.5, 0.6) is 0 Å². The number of halogens is 2. The van der Waals surface area contributed by atoms with Crippen LogP contribution in [0.2, 0.25) is 0 Å². The largest absolute Gasteiger partial charge is 0.383 e. The Balaban J connectivity index is 0.00000400. The van der Waals surface area contributed by atoms with Crippen LogP contribution in [0.4, 0.5) is 0 Å². The standard InChI is InChI=1S/C15H23BrN2O2.ClH/c1-12(18-15(19)11-17-9-10-20-2)3-4-13-5-7-14(16)8-6-13;/h5-8,12,17H,3-4,9-11H2,1-2H3,(H,18,19);1H. The van der Waals surface area contributed by atoms with Crippen LogP contribution in [0.15, 0.2) is 28.7 Å². The number of carbonyl (C=O) groups is 1. The number of rotatable bonds is 9. The lowest BCUT2D eigenvalue weighted by molar-refractivity contribution is -0.120. The van der Waals surface area contributed by atoms with Gasteiger partial charge in [-0.2, -0.15) is 0 Å². The van der Waals surface area contributed by atoms with Crippen molar-refractivity contribution in [3.63, 3.8) is 0 Å². The first-order valence-corrected chi connectivity index (χ1v) is 7.64. The lowest BCUT2D eigenvalue weighted by Crippen LogP contribution is -2.40. The Labute approximate surface area is 141 Å². The summed E-state index contributed by atoms with van der Waals surface area (Å²) >= 11 is 3.42. The molecule has 4 nitrogen and oxygen atoms in total. The Hall–Kier alpha value is -0.620. The van der Waals surface area contributed by atoms with Crippen LogP contribution in [0, 0.1) is 0 Å². The fourth-order valence-electron chi connectivity index (χ4n) is 1.81. The normalized spacial score (nSPS) is 11.6. The highest BCUT2D eigenvalue weighted by Gasteiger charge is 2.07. The zero-order valence-corrected chi connectivity index (χ0v) is 14.9. The number of benzene rings is 1. The van der Waals surface area contributed by atoms with E-state index < -0.39 is 0 Å². The van der Waals surface area contributed by atoms with Gasteiger partial charge in [0.05, 0.1) is 13.2 Å². The highest BCUT2D eigenvalue weighted by molar-refractivity contribution is 9.10. The van der Waals surface area contributed by atoms with E-state index in [9.17, 15) is 4.79 Å². The summed E-state index contributed by atoms with van der Waals surface area (Å²) in [6, 6.07) is 8.46. The van der Waals surface area contributed by atoms with E-state index in [0.717, 1.165) is 17.3 Å². The van der Waals surface area contributed by atoms with Crippen LogP contribution >= 0.6 is 28.3 Å². The number of amides is 1. The average Bonchev–Trinajstić information content (AvgIpc) is 2.43. The molecule has 120 valence electrons. The fraction of sp³-hybridized carbons (Fsp3) is 0.533. The predicted molar refractivity (Wildman–Crippen MR) is 92.1 cm³/mol. The second kappa shape index (κ2) is 12.0. The van der Waals surface area contributed by atoms with E-state index >= 15 is 0 Å². The van der Waals surface area contributed by atoms with Crippen molar-refractivity contribution in [1.82, 2.24) is 10.6 Å². The number of nitrogens with one attached hydrogen (secondary N) is 2. The van der Waals surface area contributed by atoms with Crippen molar-refractivity contribution in [2.75, 3.05) is 26.8 Å². The highest BCUT2D eigenvalue weighted by Crippen LogP contribution is 2.12. The Kier molecular flexibility index (Phi) is 11.6. The molecular formula is C15H24BrClN2O2. The van der Waals surface area contributed by atoms with E-state index in [1.54, 1.807) is 7.11 Å². The van der Waals surface area contributed by atoms with Gasteiger partial charge in [-0.15, -0.1) is 12.4 Å². The molecule has 0 bridgehead atoms. The maximum absolute atomic E-state index is 11.7. The van der Waals surface area contributed by atoms with Gasteiger partial charge in [0.15, 0.2) is 0 Å². The van der Waals surface area contributed by atoms with Crippen molar-refractivity contribution in [3.05, 3.63) is 34.3 Å². The van der Waals surface area contributed by atoms with E-state index in [1.807, 2.05) is 19.1 Å². The molecule has 0 aromatic heterocycles. The smallest absolute Gasteiger partial charge is 0.234 e. The second-order valence-corrected chi connectivity index (χ2v) is 5.72. The Morgan fingerprint density at radius 3 is 2.62 bits per heavy atom. The van der Waals surface area contributed by atoms with Gasteiger partial charge >= 0.3 is 0 Å². The van der Waals surface area contributed by atoms with Gasteiger partial charge < -0.3 is 15.4 Å². The van der Waals surface area contributed by atoms with E-state index in [0.29, 0.717) is 19.7 Å². The molecule has 21 heavy (non-hydrogen) atoms. The van der Waals surface area contributed by atoms with Gasteiger partial charge in [0.2, 0.25) is 5.91 Å². The topological polar surface area (TPSA) is 50.4 Å². The molecule has 1 aromatic rings. The third-order valence-electron chi connectivity index (χ3n) is 2.96. The summed E-state index contributed by atoms with van der Waals surface area (Å²) in [5, 5.41) is 6.02. The van der Waals surface area contributed by atoms with Crippen LogP contribution in [-0.4, -0.2) is 38.8 Å². The Morgan fingerprint density at radius 1 is 1.33 bits per heavy atom. The van der Waals surface area contributed by atoms with Gasteiger partial charge in [-0.25, -0.2) is 0 Å². The zero-order chi connectivity index (χ0) is 14.8. The third kappa shape index (κ3) is 9.85. The number of carbonyl (C=O) groups excluding carboxylic acids is 1. The fourth-order valence-corrected chi connectivity index (χ4v) is 2.07. The average molecular weight is 380 g/mol. The molecule has 2 N–H and O–H groups in total. The molecule has 1 amide bonds. The van der Waals surface area contributed by atoms with E-state index in [4.69, 9.17) is 4.74 Å². The molecule has 0 saturated heterocycles. The van der Waals surface area contributed by atoms with Crippen LogP contribution < -0.4 is 10.6 Å². The summed E-state index contributed by atoms with van der Waals surface area (Å²) in [7, 11) is 1.64. The van der Waals surface area contributed by atoms with E-state index in [1.165, 1.54) is 5.56 Å². The lowest BCUT2D eigenvalue weighted by Gasteiger charge is -2.14. The van der Waals surface area contributed by atoms with Crippen molar-refractivity contribution in [3.8, 4) is 0 Å². The SMILES string of the molecule is COCCNCC(=O)NC(C)CCc1ccc(Br)cc1.Cl. The number of hydrogen-bond acceptors (Lipinski definition) is 3. The maximum atomic E-state index is 11.7. The van der Waals surface area contributed by atoms with E-state index in [2.05, 4.69) is 38.7 Å². The van der Waals surface area contributed by atoms with Crippen LogP contribution in [0.25, 0.3) is 0 Å². The minimum atomic E-state index is 0. The molecule has 0 saturated carbocycles. The van der Waals surface area contributed by atoms with Crippen LogP contribution in [0.3, 0.4) is 0 Å².